The van der Waals surface area contributed by atoms with E-state index in [2.05, 4.69) is 20.9 Å². The maximum Gasteiger partial charge on any atom is 0.165 e. The molecule has 0 fully saturated rings. The van der Waals surface area contributed by atoms with Gasteiger partial charge in [0.05, 0.1) is 16.6 Å². The second-order valence-electron chi connectivity index (χ2n) is 5.18. The predicted octanol–water partition coefficient (Wildman–Crippen LogP) is 5.61. The van der Waals surface area contributed by atoms with Crippen LogP contribution in [0, 0.1) is 12.7 Å². The lowest BCUT2D eigenvalue weighted by atomic mass is 10.1. The number of hydrogen-bond donors (Lipinski definition) is 0. The number of methoxy groups -OCH3 is 1. The molecule has 3 aromatic rings. The molecule has 0 N–H and O–H groups in total. The minimum absolute atomic E-state index is 0.216. The van der Waals surface area contributed by atoms with Crippen LogP contribution >= 0.6 is 27.3 Å². The van der Waals surface area contributed by atoms with Gasteiger partial charge in [-0.1, -0.05) is 12.1 Å². The Morgan fingerprint density at radius 1 is 1.21 bits per heavy atom. The van der Waals surface area contributed by atoms with E-state index in [1.54, 1.807) is 12.1 Å². The summed E-state index contributed by atoms with van der Waals surface area (Å²) in [6, 6.07) is 12.7. The van der Waals surface area contributed by atoms with Crippen molar-refractivity contribution < 1.29 is 13.9 Å². The first-order valence-electron chi connectivity index (χ1n) is 7.25. The zero-order chi connectivity index (χ0) is 17.1. The summed E-state index contributed by atoms with van der Waals surface area (Å²) in [5.74, 6) is 0.610. The average Bonchev–Trinajstić information content (AvgIpc) is 2.94. The van der Waals surface area contributed by atoms with Gasteiger partial charge in [-0.2, -0.15) is 0 Å². The van der Waals surface area contributed by atoms with Crippen LogP contribution in [0.25, 0.3) is 11.3 Å². The number of benzene rings is 2. The van der Waals surface area contributed by atoms with Crippen LogP contribution in [0.15, 0.2) is 46.3 Å². The van der Waals surface area contributed by atoms with Gasteiger partial charge in [-0.3, -0.25) is 0 Å². The number of aryl methyl sites for hydroxylation is 1. The monoisotopic (exact) mass is 407 g/mol. The molecule has 2 aromatic carbocycles. The highest BCUT2D eigenvalue weighted by Crippen LogP contribution is 2.35. The minimum Gasteiger partial charge on any atom is -0.494 e. The molecule has 6 heteroatoms. The lowest BCUT2D eigenvalue weighted by Crippen LogP contribution is -1.95. The zero-order valence-electron chi connectivity index (χ0n) is 13.2. The normalized spacial score (nSPS) is 10.7. The van der Waals surface area contributed by atoms with Gasteiger partial charge in [0.2, 0.25) is 0 Å². The molecule has 3 rings (SSSR count). The molecule has 24 heavy (non-hydrogen) atoms. The van der Waals surface area contributed by atoms with Gasteiger partial charge >= 0.3 is 0 Å². The van der Waals surface area contributed by atoms with Crippen LogP contribution in [0.5, 0.6) is 11.5 Å². The molecule has 0 amide bonds. The molecule has 3 nitrogen and oxygen atoms in total. The molecule has 0 saturated carbocycles. The van der Waals surface area contributed by atoms with E-state index in [0.29, 0.717) is 17.9 Å². The van der Waals surface area contributed by atoms with Crippen molar-refractivity contribution in [3.05, 3.63) is 62.6 Å². The van der Waals surface area contributed by atoms with E-state index in [4.69, 9.17) is 9.47 Å². The molecule has 0 saturated heterocycles. The fourth-order valence-corrected chi connectivity index (χ4v) is 3.85. The Labute approximate surface area is 152 Å². The minimum atomic E-state index is -0.410. The summed E-state index contributed by atoms with van der Waals surface area (Å²) in [4.78, 5) is 4.55. The molecule has 0 aliphatic rings. The van der Waals surface area contributed by atoms with Gasteiger partial charge in [0.15, 0.2) is 11.6 Å². The molecule has 0 spiro atoms. The summed E-state index contributed by atoms with van der Waals surface area (Å²) >= 11 is 4.97. The second-order valence-corrected chi connectivity index (χ2v) is 7.59. The Hall–Kier alpha value is -1.92. The van der Waals surface area contributed by atoms with E-state index >= 15 is 0 Å². The molecule has 0 unspecified atom stereocenters. The third-order valence-electron chi connectivity index (χ3n) is 3.41. The quantitative estimate of drug-likeness (QED) is 0.550. The number of nitrogens with zero attached hydrogens (tertiary/aromatic N) is 1. The largest absolute Gasteiger partial charge is 0.494 e. The van der Waals surface area contributed by atoms with Crippen molar-refractivity contribution in [3.8, 4) is 22.8 Å². The Balaban J connectivity index is 1.79. The molecule has 1 heterocycles. The third-order valence-corrected chi connectivity index (χ3v) is 5.09. The van der Waals surface area contributed by atoms with Crippen LogP contribution in [0.4, 0.5) is 4.39 Å². The first kappa shape index (κ1) is 16.9. The van der Waals surface area contributed by atoms with Crippen LogP contribution in [0.1, 0.15) is 10.6 Å². The van der Waals surface area contributed by atoms with E-state index in [1.165, 1.54) is 24.5 Å². The third kappa shape index (κ3) is 3.76. The number of hydrogen-bond acceptors (Lipinski definition) is 4. The molecule has 0 atom stereocenters. The smallest absolute Gasteiger partial charge is 0.165 e. The summed E-state index contributed by atoms with van der Waals surface area (Å²) in [5, 5.41) is 0.814. The van der Waals surface area contributed by atoms with Crippen molar-refractivity contribution in [3.63, 3.8) is 0 Å². The van der Waals surface area contributed by atoms with Crippen molar-refractivity contribution in [2.24, 2.45) is 0 Å². The predicted molar refractivity (Wildman–Crippen MR) is 97.3 cm³/mol. The number of thiazole rings is 1. The second kappa shape index (κ2) is 7.32. The molecule has 0 aliphatic carbocycles. The lowest BCUT2D eigenvalue weighted by molar-refractivity contribution is 0.305. The van der Waals surface area contributed by atoms with Gasteiger partial charge in [0, 0.05) is 5.56 Å². The van der Waals surface area contributed by atoms with E-state index < -0.39 is 5.82 Å². The summed E-state index contributed by atoms with van der Waals surface area (Å²) in [5.41, 5.74) is 2.53. The van der Waals surface area contributed by atoms with Crippen LogP contribution in [-0.4, -0.2) is 12.1 Å². The Morgan fingerprint density at radius 3 is 2.75 bits per heavy atom. The van der Waals surface area contributed by atoms with Crippen LogP contribution in [-0.2, 0) is 6.61 Å². The van der Waals surface area contributed by atoms with Crippen LogP contribution in [0.2, 0.25) is 0 Å². The van der Waals surface area contributed by atoms with Crippen molar-refractivity contribution in [1.82, 2.24) is 4.98 Å². The number of ether oxygens (including phenoxy) is 2. The standard InChI is InChI=1S/C18H15BrFNO2S/c1-11-4-3-5-13(8-11)23-10-16-21-17(18(19)24-16)12-6-7-15(22-2)14(20)9-12/h3-9H,10H2,1-2H3. The first-order chi connectivity index (χ1) is 11.6. The summed E-state index contributed by atoms with van der Waals surface area (Å²) in [7, 11) is 1.44. The molecule has 0 aliphatic heterocycles. The summed E-state index contributed by atoms with van der Waals surface area (Å²) in [6.45, 7) is 2.38. The maximum atomic E-state index is 13.9. The highest BCUT2D eigenvalue weighted by Gasteiger charge is 2.14. The lowest BCUT2D eigenvalue weighted by Gasteiger charge is -2.05. The van der Waals surface area contributed by atoms with E-state index in [-0.39, 0.29) is 5.75 Å². The molecular formula is C18H15BrFNO2S. The molecule has 1 aromatic heterocycles. The van der Waals surface area contributed by atoms with Crippen LogP contribution in [0.3, 0.4) is 0 Å². The highest BCUT2D eigenvalue weighted by atomic mass is 79.9. The molecule has 124 valence electrons. The first-order valence-corrected chi connectivity index (χ1v) is 8.86. The number of aromatic nitrogens is 1. The van der Waals surface area contributed by atoms with Gasteiger partial charge in [-0.05, 0) is 58.7 Å². The molecular weight excluding hydrogens is 393 g/mol. The summed E-state index contributed by atoms with van der Waals surface area (Å²) in [6.07, 6.45) is 0. The average molecular weight is 408 g/mol. The topological polar surface area (TPSA) is 31.4 Å². The van der Waals surface area contributed by atoms with E-state index in [1.807, 2.05) is 31.2 Å². The number of rotatable bonds is 5. The van der Waals surface area contributed by atoms with Gasteiger partial charge in [0.1, 0.15) is 17.4 Å². The maximum absolute atomic E-state index is 13.9. The van der Waals surface area contributed by atoms with Crippen LogP contribution < -0.4 is 9.47 Å². The molecule has 0 radical (unpaired) electrons. The number of halogens is 2. The zero-order valence-corrected chi connectivity index (χ0v) is 15.6. The Kier molecular flexibility index (Phi) is 5.16. The Morgan fingerprint density at radius 2 is 2.04 bits per heavy atom. The summed E-state index contributed by atoms with van der Waals surface area (Å²) < 4.78 is 25.4. The van der Waals surface area contributed by atoms with Crippen molar-refractivity contribution in [2.45, 2.75) is 13.5 Å². The Bertz CT molecular complexity index is 866. The van der Waals surface area contributed by atoms with Crippen molar-refractivity contribution in [2.75, 3.05) is 7.11 Å². The fourth-order valence-electron chi connectivity index (χ4n) is 2.25. The van der Waals surface area contributed by atoms with Crippen molar-refractivity contribution in [1.29, 1.82) is 0 Å². The SMILES string of the molecule is COc1ccc(-c2nc(COc3cccc(C)c3)sc2Br)cc1F. The van der Waals surface area contributed by atoms with Crippen molar-refractivity contribution >= 4 is 27.3 Å². The van der Waals surface area contributed by atoms with Gasteiger partial charge < -0.3 is 9.47 Å². The van der Waals surface area contributed by atoms with Gasteiger partial charge in [-0.25, -0.2) is 9.37 Å². The van der Waals surface area contributed by atoms with E-state index in [0.717, 1.165) is 20.1 Å². The highest BCUT2D eigenvalue weighted by molar-refractivity contribution is 9.11. The van der Waals surface area contributed by atoms with Gasteiger partial charge in [-0.15, -0.1) is 11.3 Å². The van der Waals surface area contributed by atoms with E-state index in [9.17, 15) is 4.39 Å². The molecule has 0 bridgehead atoms. The fraction of sp³-hybridized carbons (Fsp3) is 0.167. The van der Waals surface area contributed by atoms with Gasteiger partial charge in [0.25, 0.3) is 0 Å².